The van der Waals surface area contributed by atoms with Gasteiger partial charge in [0.05, 0.1) is 4.92 Å². The lowest BCUT2D eigenvalue weighted by Crippen LogP contribution is -2.02. The number of phenols is 1. The molecule has 1 N–H and O–H groups in total. The molecule has 0 heterocycles. The maximum Gasteiger partial charge on any atom is 0.352 e. The number of hydrogen-bond donors (Lipinski definition) is 1. The number of para-hydroxylation sites is 1. The summed E-state index contributed by atoms with van der Waals surface area (Å²) in [6.07, 6.45) is 0. The number of phenolic OH excluding ortho intramolecular Hbond substituents is 1. The molecule has 1 aromatic carbocycles. The van der Waals surface area contributed by atoms with Gasteiger partial charge in [-0.2, -0.15) is 0 Å². The molecule has 0 spiro atoms. The lowest BCUT2D eigenvalue weighted by atomic mass is 10.3. The van der Waals surface area contributed by atoms with Gasteiger partial charge in [-0.3, -0.25) is 10.1 Å². The van der Waals surface area contributed by atoms with Gasteiger partial charge >= 0.3 is 5.69 Å². The van der Waals surface area contributed by atoms with Crippen molar-refractivity contribution < 1.29 is 14.8 Å². The van der Waals surface area contributed by atoms with E-state index < -0.39 is 21.4 Å². The number of rotatable bonds is 3. The molecule has 0 aliphatic heterocycles. The maximum atomic E-state index is 10.5. The zero-order valence-electron chi connectivity index (χ0n) is 6.68. The normalized spacial score (nSPS) is 10.2. The van der Waals surface area contributed by atoms with Crippen LogP contribution in [0.3, 0.4) is 0 Å². The number of ether oxygens (including phenoxy) is 1. The minimum atomic E-state index is -1.23. The Bertz CT molecular complexity index is 356. The highest BCUT2D eigenvalue weighted by Crippen LogP contribution is 2.36. The standard InChI is InChI=1S/C7H5Cl2NO4/c8-7(9)14-5-3-1-2-4(11)6(5)10(12)13/h1-3,7,11H. The van der Waals surface area contributed by atoms with E-state index in [0.717, 1.165) is 0 Å². The Morgan fingerprint density at radius 1 is 1.50 bits per heavy atom. The average Bonchev–Trinajstić information content (AvgIpc) is 2.01. The Morgan fingerprint density at radius 2 is 2.14 bits per heavy atom. The molecule has 0 unspecified atom stereocenters. The number of alkyl halides is 2. The summed E-state index contributed by atoms with van der Waals surface area (Å²) in [5.74, 6) is -0.675. The second-order valence-corrected chi connectivity index (χ2v) is 3.28. The summed E-state index contributed by atoms with van der Waals surface area (Å²) >= 11 is 10.6. The molecule has 0 aromatic heterocycles. The summed E-state index contributed by atoms with van der Waals surface area (Å²) in [7, 11) is 0. The fourth-order valence-electron chi connectivity index (χ4n) is 0.885. The summed E-state index contributed by atoms with van der Waals surface area (Å²) < 4.78 is 4.72. The highest BCUT2D eigenvalue weighted by Gasteiger charge is 2.21. The van der Waals surface area contributed by atoms with E-state index in [1.54, 1.807) is 0 Å². The van der Waals surface area contributed by atoms with E-state index in [9.17, 15) is 10.1 Å². The van der Waals surface area contributed by atoms with E-state index >= 15 is 0 Å². The molecule has 14 heavy (non-hydrogen) atoms. The molecule has 0 aliphatic carbocycles. The van der Waals surface area contributed by atoms with Gasteiger partial charge in [-0.25, -0.2) is 0 Å². The number of nitro groups is 1. The Labute approximate surface area is 89.0 Å². The summed E-state index contributed by atoms with van der Waals surface area (Å²) in [6.45, 7) is 0. The fraction of sp³-hybridized carbons (Fsp3) is 0.143. The number of halogens is 2. The molecular formula is C7H5Cl2NO4. The van der Waals surface area contributed by atoms with E-state index in [1.807, 2.05) is 0 Å². The quantitative estimate of drug-likeness (QED) is 0.498. The van der Waals surface area contributed by atoms with Crippen LogP contribution in [-0.2, 0) is 0 Å². The van der Waals surface area contributed by atoms with Crippen LogP contribution in [-0.4, -0.2) is 15.1 Å². The SMILES string of the molecule is O=[N+]([O-])c1c(O)cccc1OC(Cl)Cl. The van der Waals surface area contributed by atoms with Crippen molar-refractivity contribution >= 4 is 28.9 Å². The minimum absolute atomic E-state index is 0.176. The molecule has 0 aliphatic rings. The van der Waals surface area contributed by atoms with E-state index in [1.165, 1.54) is 18.2 Å². The van der Waals surface area contributed by atoms with Gasteiger partial charge in [0.25, 0.3) is 0 Å². The van der Waals surface area contributed by atoms with Crippen molar-refractivity contribution in [1.29, 1.82) is 0 Å². The predicted molar refractivity (Wildman–Crippen MR) is 50.9 cm³/mol. The third-order valence-corrected chi connectivity index (χ3v) is 1.55. The molecule has 0 saturated heterocycles. The first kappa shape index (κ1) is 10.9. The number of aromatic hydroxyl groups is 1. The van der Waals surface area contributed by atoms with Crippen molar-refractivity contribution in [3.8, 4) is 11.5 Å². The zero-order chi connectivity index (χ0) is 10.7. The Kier molecular flexibility index (Phi) is 3.38. The third-order valence-electron chi connectivity index (χ3n) is 1.38. The van der Waals surface area contributed by atoms with Crippen molar-refractivity contribution in [3.05, 3.63) is 28.3 Å². The van der Waals surface area contributed by atoms with Gasteiger partial charge in [-0.1, -0.05) is 29.3 Å². The second-order valence-electron chi connectivity index (χ2n) is 2.26. The van der Waals surface area contributed by atoms with Crippen molar-refractivity contribution in [1.82, 2.24) is 0 Å². The smallest absolute Gasteiger partial charge is 0.352 e. The van der Waals surface area contributed by atoms with E-state index in [-0.39, 0.29) is 5.75 Å². The Morgan fingerprint density at radius 3 is 2.64 bits per heavy atom. The molecule has 0 radical (unpaired) electrons. The van der Waals surface area contributed by atoms with Crippen LogP contribution < -0.4 is 4.74 Å². The van der Waals surface area contributed by atoms with Crippen molar-refractivity contribution in [2.75, 3.05) is 0 Å². The first-order chi connectivity index (χ1) is 6.52. The van der Waals surface area contributed by atoms with E-state index in [2.05, 4.69) is 0 Å². The number of nitrogens with zero attached hydrogens (tertiary/aromatic N) is 1. The molecule has 0 atom stereocenters. The highest BCUT2D eigenvalue weighted by atomic mass is 35.5. The van der Waals surface area contributed by atoms with Crippen LogP contribution in [0.1, 0.15) is 0 Å². The molecule has 0 bridgehead atoms. The third kappa shape index (κ3) is 2.40. The van der Waals surface area contributed by atoms with E-state index in [4.69, 9.17) is 33.0 Å². The van der Waals surface area contributed by atoms with Crippen LogP contribution >= 0.6 is 23.2 Å². The van der Waals surface area contributed by atoms with Crippen molar-refractivity contribution in [2.24, 2.45) is 0 Å². The second kappa shape index (κ2) is 4.34. The fourth-order valence-corrected chi connectivity index (χ4v) is 1.08. The van der Waals surface area contributed by atoms with Crippen LogP contribution in [0.4, 0.5) is 5.69 Å². The van der Waals surface area contributed by atoms with Gasteiger partial charge in [0.15, 0.2) is 5.75 Å². The minimum Gasteiger partial charge on any atom is -0.502 e. The number of benzene rings is 1. The number of nitro benzene ring substituents is 1. The molecule has 0 saturated carbocycles. The largest absolute Gasteiger partial charge is 0.502 e. The summed E-state index contributed by atoms with van der Waals surface area (Å²) in [5, 5.41) is 18.4. The first-order valence-electron chi connectivity index (χ1n) is 3.43. The van der Waals surface area contributed by atoms with Gasteiger partial charge in [0, 0.05) is 0 Å². The number of hydrogen-bond acceptors (Lipinski definition) is 4. The van der Waals surface area contributed by atoms with Gasteiger partial charge in [0.2, 0.25) is 10.8 Å². The molecule has 76 valence electrons. The van der Waals surface area contributed by atoms with Crippen LogP contribution in [0.15, 0.2) is 18.2 Å². The summed E-state index contributed by atoms with van der Waals surface area (Å²) in [4.78, 5) is 9.73. The zero-order valence-corrected chi connectivity index (χ0v) is 8.20. The monoisotopic (exact) mass is 237 g/mol. The molecule has 0 amide bonds. The van der Waals surface area contributed by atoms with Gasteiger partial charge in [-0.15, -0.1) is 0 Å². The molecule has 0 fully saturated rings. The van der Waals surface area contributed by atoms with Crippen LogP contribution in [0.2, 0.25) is 0 Å². The molecule has 1 aromatic rings. The first-order valence-corrected chi connectivity index (χ1v) is 4.31. The topological polar surface area (TPSA) is 72.6 Å². The highest BCUT2D eigenvalue weighted by molar-refractivity contribution is 6.43. The lowest BCUT2D eigenvalue weighted by Gasteiger charge is -2.06. The molecule has 7 heteroatoms. The van der Waals surface area contributed by atoms with Gasteiger partial charge in [-0.05, 0) is 12.1 Å². The summed E-state index contributed by atoms with van der Waals surface area (Å²) in [6, 6.07) is 3.84. The Balaban J connectivity index is 3.14. The van der Waals surface area contributed by atoms with Crippen LogP contribution in [0, 0.1) is 10.1 Å². The van der Waals surface area contributed by atoms with Gasteiger partial charge < -0.3 is 9.84 Å². The van der Waals surface area contributed by atoms with Crippen LogP contribution in [0.5, 0.6) is 11.5 Å². The molecular weight excluding hydrogens is 233 g/mol. The lowest BCUT2D eigenvalue weighted by molar-refractivity contribution is -0.386. The summed E-state index contributed by atoms with van der Waals surface area (Å²) in [5.41, 5.74) is -0.557. The molecule has 5 nitrogen and oxygen atoms in total. The molecule has 1 rings (SSSR count). The predicted octanol–water partition coefficient (Wildman–Crippen LogP) is 2.44. The van der Waals surface area contributed by atoms with Crippen LogP contribution in [0.25, 0.3) is 0 Å². The Hall–Kier alpha value is -1.20. The maximum absolute atomic E-state index is 10.5. The van der Waals surface area contributed by atoms with Crippen molar-refractivity contribution in [3.63, 3.8) is 0 Å². The van der Waals surface area contributed by atoms with E-state index in [0.29, 0.717) is 0 Å². The average molecular weight is 238 g/mol. The van der Waals surface area contributed by atoms with Gasteiger partial charge in [0.1, 0.15) is 0 Å². The van der Waals surface area contributed by atoms with Crippen molar-refractivity contribution in [2.45, 2.75) is 5.02 Å².